The van der Waals surface area contributed by atoms with Gasteiger partial charge in [-0.05, 0) is 18.9 Å². The van der Waals surface area contributed by atoms with Crippen molar-refractivity contribution in [2.45, 2.75) is 12.8 Å². The van der Waals surface area contributed by atoms with E-state index in [-0.39, 0.29) is 11.7 Å². The lowest BCUT2D eigenvalue weighted by atomic mass is 10.1. The van der Waals surface area contributed by atoms with Crippen molar-refractivity contribution in [3.63, 3.8) is 0 Å². The average Bonchev–Trinajstić information content (AvgIpc) is 3.03. The van der Waals surface area contributed by atoms with Gasteiger partial charge in [0.25, 0.3) is 0 Å². The summed E-state index contributed by atoms with van der Waals surface area (Å²) in [6.45, 7) is 0. The van der Waals surface area contributed by atoms with E-state index in [4.69, 9.17) is 27.9 Å². The number of hydrogen-bond donors (Lipinski definition) is 0. The van der Waals surface area contributed by atoms with Crippen LogP contribution < -0.4 is 4.74 Å². The summed E-state index contributed by atoms with van der Waals surface area (Å²) >= 11 is 11.9. The molecule has 0 atom stereocenters. The van der Waals surface area contributed by atoms with Gasteiger partial charge in [0.1, 0.15) is 5.75 Å². The van der Waals surface area contributed by atoms with E-state index in [0.717, 1.165) is 12.8 Å². The molecular weight excluding hydrogens is 235 g/mol. The van der Waals surface area contributed by atoms with Crippen LogP contribution in [0.2, 0.25) is 10.0 Å². The number of ketones is 1. The third-order valence-corrected chi connectivity index (χ3v) is 3.06. The minimum atomic E-state index is 0.0875. The summed E-state index contributed by atoms with van der Waals surface area (Å²) < 4.78 is 5.01. The van der Waals surface area contributed by atoms with Crippen LogP contribution in [0, 0.1) is 5.92 Å². The summed E-state index contributed by atoms with van der Waals surface area (Å²) in [4.78, 5) is 11.8. The summed E-state index contributed by atoms with van der Waals surface area (Å²) in [6.07, 6.45) is 1.91. The maximum absolute atomic E-state index is 11.8. The first kappa shape index (κ1) is 10.8. The number of carbonyl (C=O) groups excluding carboxylic acids is 1. The Labute approximate surface area is 98.1 Å². The number of Topliss-reactive ketones (excluding diaryl/α,β-unsaturated/α-hetero) is 1. The molecule has 0 bridgehead atoms. The summed E-state index contributed by atoms with van der Waals surface area (Å²) in [5.74, 6) is 0.727. The molecule has 0 unspecified atom stereocenters. The van der Waals surface area contributed by atoms with Crippen LogP contribution in [-0.2, 0) is 0 Å². The van der Waals surface area contributed by atoms with E-state index in [1.54, 1.807) is 12.1 Å². The number of hydrogen-bond acceptors (Lipinski definition) is 2. The molecule has 1 fully saturated rings. The van der Waals surface area contributed by atoms with E-state index < -0.39 is 0 Å². The van der Waals surface area contributed by atoms with Crippen molar-refractivity contribution in [1.29, 1.82) is 0 Å². The minimum Gasteiger partial charge on any atom is -0.495 e. The van der Waals surface area contributed by atoms with Crippen LogP contribution in [0.15, 0.2) is 12.1 Å². The van der Waals surface area contributed by atoms with Crippen LogP contribution in [0.3, 0.4) is 0 Å². The van der Waals surface area contributed by atoms with Crippen LogP contribution in [0.25, 0.3) is 0 Å². The highest BCUT2D eigenvalue weighted by Gasteiger charge is 2.32. The first-order chi connectivity index (χ1) is 7.13. The number of ether oxygens (including phenoxy) is 1. The van der Waals surface area contributed by atoms with Gasteiger partial charge < -0.3 is 4.74 Å². The van der Waals surface area contributed by atoms with Crippen LogP contribution in [-0.4, -0.2) is 12.9 Å². The highest BCUT2D eigenvalue weighted by molar-refractivity contribution is 6.37. The average molecular weight is 245 g/mol. The number of carbonyl (C=O) groups is 1. The number of benzene rings is 1. The van der Waals surface area contributed by atoms with Crippen LogP contribution in [0.4, 0.5) is 0 Å². The molecule has 1 aliphatic rings. The maximum atomic E-state index is 11.8. The van der Waals surface area contributed by atoms with Gasteiger partial charge >= 0.3 is 0 Å². The molecule has 0 N–H and O–H groups in total. The molecule has 0 spiro atoms. The first-order valence-corrected chi connectivity index (χ1v) is 5.46. The van der Waals surface area contributed by atoms with E-state index in [0.29, 0.717) is 21.4 Å². The van der Waals surface area contributed by atoms with Crippen molar-refractivity contribution in [2.24, 2.45) is 5.92 Å². The first-order valence-electron chi connectivity index (χ1n) is 4.70. The van der Waals surface area contributed by atoms with E-state index in [1.165, 1.54) is 7.11 Å². The molecule has 2 rings (SSSR count). The second-order valence-electron chi connectivity index (χ2n) is 3.61. The Kier molecular flexibility index (Phi) is 2.89. The molecular formula is C11H10Cl2O2. The zero-order valence-electron chi connectivity index (χ0n) is 8.22. The molecule has 1 saturated carbocycles. The van der Waals surface area contributed by atoms with Crippen LogP contribution in [0.5, 0.6) is 5.75 Å². The Morgan fingerprint density at radius 2 is 2.00 bits per heavy atom. The lowest BCUT2D eigenvalue weighted by molar-refractivity contribution is 0.0968. The summed E-state index contributed by atoms with van der Waals surface area (Å²) in [6, 6.07) is 3.17. The van der Waals surface area contributed by atoms with Gasteiger partial charge in [-0.25, -0.2) is 0 Å². The molecule has 2 nitrogen and oxygen atoms in total. The van der Waals surface area contributed by atoms with Crippen molar-refractivity contribution >= 4 is 29.0 Å². The highest BCUT2D eigenvalue weighted by Crippen LogP contribution is 2.37. The monoisotopic (exact) mass is 244 g/mol. The molecule has 1 aromatic rings. The topological polar surface area (TPSA) is 26.3 Å². The molecule has 0 saturated heterocycles. The summed E-state index contributed by atoms with van der Waals surface area (Å²) in [7, 11) is 1.51. The Hall–Kier alpha value is -0.730. The molecule has 0 radical (unpaired) electrons. The van der Waals surface area contributed by atoms with Gasteiger partial charge in [-0.2, -0.15) is 0 Å². The van der Waals surface area contributed by atoms with Crippen LogP contribution in [0.1, 0.15) is 23.2 Å². The predicted octanol–water partition coefficient (Wildman–Crippen LogP) is 3.59. The molecule has 15 heavy (non-hydrogen) atoms. The van der Waals surface area contributed by atoms with E-state index >= 15 is 0 Å². The fraction of sp³-hybridized carbons (Fsp3) is 0.364. The number of methoxy groups -OCH3 is 1. The van der Waals surface area contributed by atoms with Gasteiger partial charge in [0.15, 0.2) is 5.78 Å². The largest absolute Gasteiger partial charge is 0.495 e. The molecule has 1 aromatic carbocycles. The number of halogens is 2. The quantitative estimate of drug-likeness (QED) is 0.760. The smallest absolute Gasteiger partial charge is 0.167 e. The Bertz CT molecular complexity index is 411. The molecule has 4 heteroatoms. The van der Waals surface area contributed by atoms with Gasteiger partial charge in [-0.3, -0.25) is 4.79 Å². The zero-order valence-corrected chi connectivity index (χ0v) is 9.73. The van der Waals surface area contributed by atoms with Crippen molar-refractivity contribution < 1.29 is 9.53 Å². The molecule has 0 aromatic heterocycles. The normalized spacial score (nSPS) is 15.1. The highest BCUT2D eigenvalue weighted by atomic mass is 35.5. The SMILES string of the molecule is COc1cc(Cl)c(C(=O)C2CC2)cc1Cl. The third-order valence-electron chi connectivity index (χ3n) is 2.46. The number of rotatable bonds is 3. The Morgan fingerprint density at radius 3 is 2.53 bits per heavy atom. The van der Waals surface area contributed by atoms with Crippen molar-refractivity contribution in [3.8, 4) is 5.75 Å². The standard InChI is InChI=1S/C11H10Cl2O2/c1-15-10-5-8(12)7(4-9(10)13)11(14)6-2-3-6/h4-6H,2-3H2,1H3. The predicted molar refractivity (Wildman–Crippen MR) is 60.1 cm³/mol. The second-order valence-corrected chi connectivity index (χ2v) is 4.42. The Balaban J connectivity index is 2.39. The van der Waals surface area contributed by atoms with Crippen molar-refractivity contribution in [2.75, 3.05) is 7.11 Å². The molecule has 0 aliphatic heterocycles. The van der Waals surface area contributed by atoms with Gasteiger partial charge in [0.2, 0.25) is 0 Å². The lowest BCUT2D eigenvalue weighted by Gasteiger charge is -2.07. The summed E-state index contributed by atoms with van der Waals surface area (Å²) in [5.41, 5.74) is 0.505. The van der Waals surface area contributed by atoms with Crippen molar-refractivity contribution in [3.05, 3.63) is 27.7 Å². The fourth-order valence-corrected chi connectivity index (χ4v) is 1.93. The molecule has 80 valence electrons. The maximum Gasteiger partial charge on any atom is 0.167 e. The van der Waals surface area contributed by atoms with Crippen LogP contribution >= 0.6 is 23.2 Å². The van der Waals surface area contributed by atoms with E-state index in [9.17, 15) is 4.79 Å². The third kappa shape index (κ3) is 2.11. The van der Waals surface area contributed by atoms with Gasteiger partial charge in [0.05, 0.1) is 17.2 Å². The van der Waals surface area contributed by atoms with E-state index in [1.807, 2.05) is 0 Å². The van der Waals surface area contributed by atoms with Gasteiger partial charge in [0, 0.05) is 17.5 Å². The fourth-order valence-electron chi connectivity index (χ4n) is 1.44. The van der Waals surface area contributed by atoms with Crippen molar-refractivity contribution in [1.82, 2.24) is 0 Å². The Morgan fingerprint density at radius 1 is 1.33 bits per heavy atom. The second kappa shape index (κ2) is 4.03. The van der Waals surface area contributed by atoms with E-state index in [2.05, 4.69) is 0 Å². The minimum absolute atomic E-state index is 0.0875. The summed E-state index contributed by atoms with van der Waals surface area (Å²) in [5, 5.41) is 0.832. The van der Waals surface area contributed by atoms with Gasteiger partial charge in [-0.15, -0.1) is 0 Å². The molecule has 1 aliphatic carbocycles. The lowest BCUT2D eigenvalue weighted by Crippen LogP contribution is -2.02. The molecule has 0 amide bonds. The van der Waals surface area contributed by atoms with Gasteiger partial charge in [-0.1, -0.05) is 23.2 Å². The zero-order chi connectivity index (χ0) is 11.0. The molecule has 0 heterocycles.